The van der Waals surface area contributed by atoms with E-state index in [9.17, 15) is 9.59 Å². The number of hydrogen-bond acceptors (Lipinski definition) is 3. The van der Waals surface area contributed by atoms with Gasteiger partial charge in [-0.2, -0.15) is 5.10 Å². The molecule has 0 atom stereocenters. The van der Waals surface area contributed by atoms with Gasteiger partial charge in [-0.15, -0.1) is 0 Å². The standard InChI is InChI=1S/C15H18N4O2/c1-11-8-9-17-19(11)13-6-4-12(5-7-13)15(21)16-10-14(20)18(2)3/h4-9H,10H2,1-3H3,(H,16,21). The van der Waals surface area contributed by atoms with Crippen molar-refractivity contribution in [2.75, 3.05) is 20.6 Å². The monoisotopic (exact) mass is 286 g/mol. The van der Waals surface area contributed by atoms with Crippen molar-refractivity contribution in [3.63, 3.8) is 0 Å². The van der Waals surface area contributed by atoms with Gasteiger partial charge in [0.25, 0.3) is 5.91 Å². The summed E-state index contributed by atoms with van der Waals surface area (Å²) in [6.07, 6.45) is 1.73. The van der Waals surface area contributed by atoms with Gasteiger partial charge in [-0.3, -0.25) is 9.59 Å². The number of amides is 2. The van der Waals surface area contributed by atoms with Gasteiger partial charge in [-0.1, -0.05) is 0 Å². The predicted octanol–water partition coefficient (Wildman–Crippen LogP) is 0.999. The lowest BCUT2D eigenvalue weighted by Gasteiger charge is -2.11. The minimum Gasteiger partial charge on any atom is -0.347 e. The van der Waals surface area contributed by atoms with Gasteiger partial charge in [0.15, 0.2) is 0 Å². The smallest absolute Gasteiger partial charge is 0.251 e. The molecular weight excluding hydrogens is 268 g/mol. The van der Waals surface area contributed by atoms with Gasteiger partial charge in [-0.05, 0) is 37.3 Å². The van der Waals surface area contributed by atoms with Crippen LogP contribution in [0.1, 0.15) is 16.1 Å². The van der Waals surface area contributed by atoms with Crippen LogP contribution in [0, 0.1) is 6.92 Å². The second-order valence-electron chi connectivity index (χ2n) is 4.90. The molecule has 0 aliphatic heterocycles. The highest BCUT2D eigenvalue weighted by atomic mass is 16.2. The lowest BCUT2D eigenvalue weighted by atomic mass is 10.2. The van der Waals surface area contributed by atoms with E-state index in [-0.39, 0.29) is 18.4 Å². The normalized spacial score (nSPS) is 10.2. The predicted molar refractivity (Wildman–Crippen MR) is 79.3 cm³/mol. The first kappa shape index (κ1) is 14.8. The first-order valence-corrected chi connectivity index (χ1v) is 6.58. The van der Waals surface area contributed by atoms with Crippen molar-refractivity contribution in [3.05, 3.63) is 47.8 Å². The highest BCUT2D eigenvalue weighted by Crippen LogP contribution is 2.11. The molecule has 0 aliphatic carbocycles. The second-order valence-corrected chi connectivity index (χ2v) is 4.90. The Hall–Kier alpha value is -2.63. The molecule has 0 unspecified atom stereocenters. The summed E-state index contributed by atoms with van der Waals surface area (Å²) < 4.78 is 1.79. The molecule has 1 heterocycles. The fourth-order valence-electron chi connectivity index (χ4n) is 1.81. The van der Waals surface area contributed by atoms with Crippen LogP contribution in [0.4, 0.5) is 0 Å². The summed E-state index contributed by atoms with van der Waals surface area (Å²) in [5.41, 5.74) is 2.41. The average molecular weight is 286 g/mol. The van der Waals surface area contributed by atoms with Crippen molar-refractivity contribution in [1.29, 1.82) is 0 Å². The lowest BCUT2D eigenvalue weighted by molar-refractivity contribution is -0.127. The highest BCUT2D eigenvalue weighted by molar-refractivity contribution is 5.96. The Bertz CT molecular complexity index is 644. The fraction of sp³-hybridized carbons (Fsp3) is 0.267. The van der Waals surface area contributed by atoms with Crippen LogP contribution in [0.25, 0.3) is 5.69 Å². The third-order valence-corrected chi connectivity index (χ3v) is 3.10. The maximum absolute atomic E-state index is 11.9. The van der Waals surface area contributed by atoms with Crippen LogP contribution in [0.15, 0.2) is 36.5 Å². The molecule has 110 valence electrons. The van der Waals surface area contributed by atoms with Gasteiger partial charge in [0.1, 0.15) is 0 Å². The average Bonchev–Trinajstić information content (AvgIpc) is 2.90. The third-order valence-electron chi connectivity index (χ3n) is 3.10. The van der Waals surface area contributed by atoms with Crippen molar-refractivity contribution in [1.82, 2.24) is 20.0 Å². The largest absolute Gasteiger partial charge is 0.347 e. The Morgan fingerprint density at radius 1 is 1.19 bits per heavy atom. The minimum absolute atomic E-state index is 0.00809. The molecule has 0 spiro atoms. The third kappa shape index (κ3) is 3.47. The van der Waals surface area contributed by atoms with E-state index in [4.69, 9.17) is 0 Å². The molecule has 1 aromatic heterocycles. The molecule has 0 saturated carbocycles. The maximum atomic E-state index is 11.9. The zero-order valence-electron chi connectivity index (χ0n) is 12.3. The van der Waals surface area contributed by atoms with Crippen molar-refractivity contribution in [3.8, 4) is 5.69 Å². The zero-order chi connectivity index (χ0) is 15.4. The Morgan fingerprint density at radius 3 is 2.38 bits per heavy atom. The number of hydrogen-bond donors (Lipinski definition) is 1. The second kappa shape index (κ2) is 6.21. The number of aryl methyl sites for hydroxylation is 1. The molecule has 0 bridgehead atoms. The summed E-state index contributed by atoms with van der Waals surface area (Å²) in [4.78, 5) is 24.8. The van der Waals surface area contributed by atoms with Crippen LogP contribution in [-0.2, 0) is 4.79 Å². The fourth-order valence-corrected chi connectivity index (χ4v) is 1.81. The van der Waals surface area contributed by atoms with Crippen LogP contribution in [-0.4, -0.2) is 47.1 Å². The van der Waals surface area contributed by atoms with Gasteiger partial charge in [-0.25, -0.2) is 4.68 Å². The summed E-state index contributed by atoms with van der Waals surface area (Å²) in [5, 5.41) is 6.80. The van der Waals surface area contributed by atoms with Gasteiger partial charge < -0.3 is 10.2 Å². The van der Waals surface area contributed by atoms with E-state index in [0.717, 1.165) is 11.4 Å². The first-order valence-electron chi connectivity index (χ1n) is 6.58. The van der Waals surface area contributed by atoms with E-state index in [1.807, 2.05) is 25.1 Å². The van der Waals surface area contributed by atoms with E-state index in [0.29, 0.717) is 5.56 Å². The summed E-state index contributed by atoms with van der Waals surface area (Å²) >= 11 is 0. The van der Waals surface area contributed by atoms with E-state index >= 15 is 0 Å². The van der Waals surface area contributed by atoms with Crippen LogP contribution < -0.4 is 5.32 Å². The number of benzene rings is 1. The summed E-state index contributed by atoms with van der Waals surface area (Å²) in [6, 6.07) is 8.98. The summed E-state index contributed by atoms with van der Waals surface area (Å²) in [5.74, 6) is -0.416. The van der Waals surface area contributed by atoms with Crippen LogP contribution >= 0.6 is 0 Å². The molecule has 0 fully saturated rings. The Balaban J connectivity index is 2.04. The molecule has 0 saturated heterocycles. The van der Waals surface area contributed by atoms with Crippen molar-refractivity contribution >= 4 is 11.8 Å². The Labute approximate surface area is 123 Å². The molecule has 1 N–H and O–H groups in total. The highest BCUT2D eigenvalue weighted by Gasteiger charge is 2.09. The molecule has 1 aromatic carbocycles. The van der Waals surface area contributed by atoms with E-state index in [1.54, 1.807) is 37.1 Å². The maximum Gasteiger partial charge on any atom is 0.251 e. The molecule has 0 radical (unpaired) electrons. The van der Waals surface area contributed by atoms with Gasteiger partial charge in [0, 0.05) is 31.5 Å². The molecule has 21 heavy (non-hydrogen) atoms. The van der Waals surface area contributed by atoms with Crippen LogP contribution in [0.2, 0.25) is 0 Å². The topological polar surface area (TPSA) is 67.2 Å². The molecule has 6 nitrogen and oxygen atoms in total. The SMILES string of the molecule is Cc1ccnn1-c1ccc(C(=O)NCC(=O)N(C)C)cc1. The first-order chi connectivity index (χ1) is 9.99. The number of nitrogens with one attached hydrogen (secondary N) is 1. The van der Waals surface area contributed by atoms with Gasteiger partial charge in [0.2, 0.25) is 5.91 Å². The number of carbonyl (C=O) groups is 2. The van der Waals surface area contributed by atoms with E-state index < -0.39 is 0 Å². The number of likely N-dealkylation sites (N-methyl/N-ethyl adjacent to an activating group) is 1. The van der Waals surface area contributed by atoms with Crippen molar-refractivity contribution in [2.24, 2.45) is 0 Å². The number of rotatable bonds is 4. The number of aromatic nitrogens is 2. The molecule has 6 heteroatoms. The quantitative estimate of drug-likeness (QED) is 0.911. The summed E-state index contributed by atoms with van der Waals surface area (Å²) in [6.45, 7) is 1.95. The number of carbonyl (C=O) groups excluding carboxylic acids is 2. The lowest BCUT2D eigenvalue weighted by Crippen LogP contribution is -2.36. The molecule has 2 amide bonds. The van der Waals surface area contributed by atoms with E-state index in [2.05, 4.69) is 10.4 Å². The van der Waals surface area contributed by atoms with Gasteiger partial charge >= 0.3 is 0 Å². The zero-order valence-corrected chi connectivity index (χ0v) is 12.3. The molecule has 2 rings (SSSR count). The number of nitrogens with zero attached hydrogens (tertiary/aromatic N) is 3. The molecule has 2 aromatic rings. The molecular formula is C15H18N4O2. The van der Waals surface area contributed by atoms with Crippen molar-refractivity contribution in [2.45, 2.75) is 6.92 Å². The van der Waals surface area contributed by atoms with Crippen LogP contribution in [0.5, 0.6) is 0 Å². The van der Waals surface area contributed by atoms with Gasteiger partial charge in [0.05, 0.1) is 12.2 Å². The molecule has 0 aliphatic rings. The minimum atomic E-state index is -0.270. The Kier molecular flexibility index (Phi) is 4.37. The van der Waals surface area contributed by atoms with E-state index in [1.165, 1.54) is 4.90 Å². The van der Waals surface area contributed by atoms with Crippen molar-refractivity contribution < 1.29 is 9.59 Å². The Morgan fingerprint density at radius 2 is 1.86 bits per heavy atom. The van der Waals surface area contributed by atoms with Crippen LogP contribution in [0.3, 0.4) is 0 Å². The summed E-state index contributed by atoms with van der Waals surface area (Å²) in [7, 11) is 3.30.